The number of aliphatic hydroxyl groups is 1. The number of methoxy groups -OCH3 is 6. The highest BCUT2D eigenvalue weighted by Gasteiger charge is 2.34. The summed E-state index contributed by atoms with van der Waals surface area (Å²) in [4.78, 5) is 54.9. The maximum Gasteiger partial charge on any atom is 0.234 e. The minimum atomic E-state index is -3.82. The van der Waals surface area contributed by atoms with E-state index in [2.05, 4.69) is 99.9 Å². The maximum absolute atomic E-state index is 13.2. The van der Waals surface area contributed by atoms with Crippen molar-refractivity contribution in [3.63, 3.8) is 0 Å². The van der Waals surface area contributed by atoms with Crippen LogP contribution in [-0.2, 0) is 49.0 Å². The summed E-state index contributed by atoms with van der Waals surface area (Å²) in [6, 6.07) is 33.8. The largest absolute Gasteiger partial charge is 0.494 e. The van der Waals surface area contributed by atoms with Gasteiger partial charge in [0.15, 0.2) is 75.6 Å². The van der Waals surface area contributed by atoms with Gasteiger partial charge in [0, 0.05) is 43.5 Å². The summed E-state index contributed by atoms with van der Waals surface area (Å²) in [6.45, 7) is 18.9. The predicted octanol–water partition coefficient (Wildman–Crippen LogP) is 13.7. The van der Waals surface area contributed by atoms with E-state index < -0.39 is 46.9 Å². The molecule has 7 N–H and O–H groups in total. The number of nitrogens with one attached hydrogen (secondary N) is 4. The molecule has 2 saturated heterocycles. The number of sulfonamides is 3. The Morgan fingerprint density at radius 2 is 0.737 bits per heavy atom. The van der Waals surface area contributed by atoms with E-state index in [9.17, 15) is 30.4 Å². The molecule has 1 aliphatic carbocycles. The monoisotopic (exact) mass is 2020 g/mol. The lowest BCUT2D eigenvalue weighted by Crippen LogP contribution is -2.47. The number of rotatable bonds is 37. The van der Waals surface area contributed by atoms with Crippen LogP contribution in [0.5, 0.6) is 52.1 Å². The second kappa shape index (κ2) is 48.7. The number of hydrogen-bond donors (Lipinski definition) is 6. The van der Waals surface area contributed by atoms with Crippen LogP contribution in [0.1, 0.15) is 146 Å². The molecule has 1 saturated carbocycles. The molecule has 44 heteroatoms. The number of aromatic nitrogens is 15. The van der Waals surface area contributed by atoms with Gasteiger partial charge in [0.2, 0.25) is 47.7 Å². The zero-order valence-corrected chi connectivity index (χ0v) is 84.4. The molecule has 0 amide bonds. The van der Waals surface area contributed by atoms with Gasteiger partial charge in [0.05, 0.1) is 115 Å². The number of nitrogens with zero attached hydrogens (tertiary/aromatic N) is 15. The van der Waals surface area contributed by atoms with Gasteiger partial charge >= 0.3 is 0 Å². The molecule has 40 nitrogen and oxygen atoms in total. The molecule has 0 bridgehead atoms. The lowest BCUT2D eigenvalue weighted by atomic mass is 9.91. The van der Waals surface area contributed by atoms with Gasteiger partial charge in [-0.3, -0.25) is 23.1 Å². The summed E-state index contributed by atoms with van der Waals surface area (Å²) in [7, 11) is 2.40. The van der Waals surface area contributed by atoms with E-state index in [0.29, 0.717) is 165 Å². The number of pyridine rings is 3. The standard InChI is InChI=1S/C30H38N6O7S.C25H30N6O6S.C20H18BrN5O3.C10H21NO4S.C8H18N2/c1-6-41-24-14-9-11-20(32-24)28-34-27-29(36(28)26-21(39-4)12-10-13-22(26)40-5)33-23(19-31-27)35-44(37,38)18-16-30(2,3)43-25-15-7-8-17-42-25;1-6-37-20-12-7-9-16(27-20)23-29-22-24(31(23)21-17(35-4)10-8-11-18(21)36-5)28-19(15-26-22)30-38(33,34)14-13-25(2,3)32;1-4-29-16-10-5-7-12(23-16)19-25-18-20(24-15(21)11-22-18)26(19)17-13(27-2)8-6-9-14(17)28-3;1-10(2,6-8-16(11,12)13)15-9-5-3-4-7-14-9;1-9-7-5-3-4-6-8(7)10-2/h9-14,19,25H,6-8,15-18H2,1-5H3,(H,33,35);7-12,15,32H,6,13-14H2,1-5H3,(H,28,30);5-11H,4H2,1-3H3;9H,3-8H2,1-2H3,(H2,11,12,13);7-10H,3-6H2,1-2H3/t;;;;7-,8-/m....1/s1. The average molecular weight is 2020 g/mol. The van der Waals surface area contributed by atoms with Crippen molar-refractivity contribution in [2.45, 2.75) is 187 Å². The van der Waals surface area contributed by atoms with Gasteiger partial charge in [-0.2, -0.15) is 0 Å². The highest BCUT2D eigenvalue weighted by atomic mass is 79.9. The number of fused-ring (bicyclic) bond motifs is 3. The van der Waals surface area contributed by atoms with Crippen molar-refractivity contribution in [2.75, 3.05) is 116 Å². The van der Waals surface area contributed by atoms with Crippen molar-refractivity contribution < 1.29 is 91.9 Å². The predicted molar refractivity (Wildman–Crippen MR) is 525 cm³/mol. The van der Waals surface area contributed by atoms with Gasteiger partial charge in [0.1, 0.15) is 73.2 Å². The first kappa shape index (κ1) is 106. The summed E-state index contributed by atoms with van der Waals surface area (Å²) < 4.78 is 158. The Hall–Kier alpha value is -11.4. The molecule has 0 radical (unpaired) electrons. The number of nitrogens with two attached hydrogens (primary N) is 1. The van der Waals surface area contributed by atoms with Gasteiger partial charge in [-0.05, 0) is 218 Å². The van der Waals surface area contributed by atoms with Crippen LogP contribution in [0.3, 0.4) is 0 Å². The SMILES string of the molecule is CC(C)(CCS(N)(=O)=O)OC1CCCCO1.CCOc1cccc(-c2nc3ncc(Br)nc3n2-c2c(OC)cccc2OC)n1.CCOc1cccc(-c2nc3ncc(NS(=O)(=O)CCC(C)(C)O)nc3n2-c2c(OC)cccc2OC)n1.CCOc1cccc(-c2nc3ncc(NS(=O)(=O)CCC(C)(C)OC4CCCCO4)nc3n2-c2c(OC)cccc2OC)n1.CN[C@@H]1CCCC[C@H]1NC. The minimum absolute atomic E-state index is 0.00848. The van der Waals surface area contributed by atoms with Gasteiger partial charge in [-0.15, -0.1) is 0 Å². The molecule has 9 aromatic heterocycles. The number of hydrogen-bond acceptors (Lipinski definition) is 34. The summed E-state index contributed by atoms with van der Waals surface area (Å²) in [5.41, 5.74) is 2.87. The Kier molecular flexibility index (Phi) is 37.7. The quantitative estimate of drug-likeness (QED) is 0.0211. The number of halogens is 1. The first-order chi connectivity index (χ1) is 65.5. The summed E-state index contributed by atoms with van der Waals surface area (Å²) >= 11 is 3.40. The Morgan fingerprint density at radius 3 is 1.04 bits per heavy atom. The van der Waals surface area contributed by atoms with Gasteiger partial charge in [0.25, 0.3) is 0 Å². The van der Waals surface area contributed by atoms with Gasteiger partial charge < -0.3 is 77.3 Å². The molecule has 15 rings (SSSR count). The first-order valence-corrected chi connectivity index (χ1v) is 50.9. The highest BCUT2D eigenvalue weighted by molar-refractivity contribution is 9.10. The Balaban J connectivity index is 0.000000176. The van der Waals surface area contributed by atoms with Crippen LogP contribution in [0.2, 0.25) is 0 Å². The fourth-order valence-electron chi connectivity index (χ4n) is 15.1. The van der Waals surface area contributed by atoms with E-state index in [0.717, 1.165) is 45.1 Å². The Labute approximate surface area is 807 Å². The first-order valence-electron chi connectivity index (χ1n) is 45.0. The molecule has 3 aromatic carbocycles. The Morgan fingerprint density at radius 1 is 0.423 bits per heavy atom. The highest BCUT2D eigenvalue weighted by Crippen LogP contribution is 2.43. The van der Waals surface area contributed by atoms with Crippen molar-refractivity contribution in [3.05, 3.63) is 132 Å². The molecule has 11 heterocycles. The summed E-state index contributed by atoms with van der Waals surface area (Å²) in [5.74, 6) is 5.20. The van der Waals surface area contributed by atoms with E-state index >= 15 is 0 Å². The van der Waals surface area contributed by atoms with E-state index in [1.807, 2.05) is 89.4 Å². The third-order valence-electron chi connectivity index (χ3n) is 21.8. The third-order valence-corrected chi connectivity index (χ3v) is 25.5. The fraction of sp³-hybridized carbons (Fsp3) is 0.484. The van der Waals surface area contributed by atoms with Crippen LogP contribution < -0.4 is 67.8 Å². The topological polar surface area (TPSA) is 486 Å². The number of primary sulfonamides is 1. The zero-order chi connectivity index (χ0) is 98.8. The molecule has 137 heavy (non-hydrogen) atoms. The summed E-state index contributed by atoms with van der Waals surface area (Å²) in [5, 5.41) is 21.6. The van der Waals surface area contributed by atoms with E-state index in [-0.39, 0.29) is 76.9 Å². The lowest BCUT2D eigenvalue weighted by Gasteiger charge is -2.32. The number of benzene rings is 3. The average Bonchev–Trinajstić information content (AvgIpc) is 1.61. The van der Waals surface area contributed by atoms with Crippen molar-refractivity contribution in [2.24, 2.45) is 5.14 Å². The fourth-order valence-corrected chi connectivity index (χ4v) is 18.7. The van der Waals surface area contributed by atoms with Crippen molar-refractivity contribution in [1.82, 2.24) is 84.1 Å². The van der Waals surface area contributed by atoms with Crippen molar-refractivity contribution >= 4 is 91.5 Å². The van der Waals surface area contributed by atoms with Crippen molar-refractivity contribution in [1.29, 1.82) is 0 Å². The number of imidazole rings is 3. The number of anilines is 2. The second-order valence-electron chi connectivity index (χ2n) is 33.6. The molecular formula is C93H125BrN20O20S3. The lowest BCUT2D eigenvalue weighted by molar-refractivity contribution is -0.215. The molecule has 0 spiro atoms. The van der Waals surface area contributed by atoms with Gasteiger partial charge in [-0.25, -0.2) is 90.2 Å². The van der Waals surface area contributed by atoms with Crippen molar-refractivity contribution in [3.8, 4) is 104 Å². The van der Waals surface area contributed by atoms with Crippen LogP contribution in [0.15, 0.2) is 132 Å². The molecule has 3 aliphatic rings. The smallest absolute Gasteiger partial charge is 0.234 e. The minimum Gasteiger partial charge on any atom is -0.494 e. The van der Waals surface area contributed by atoms with E-state index in [4.69, 9.17) is 76.7 Å². The summed E-state index contributed by atoms with van der Waals surface area (Å²) in [6.07, 6.45) is 15.7. The molecule has 12 aromatic rings. The third kappa shape index (κ3) is 29.3. The second-order valence-corrected chi connectivity index (χ2v) is 39.8. The number of ether oxygens (including phenoxy) is 13. The molecule has 742 valence electrons. The van der Waals surface area contributed by atoms with Crippen LogP contribution in [-0.4, -0.2) is 252 Å². The van der Waals surface area contributed by atoms with Gasteiger partial charge in [-0.1, -0.05) is 49.2 Å². The zero-order valence-electron chi connectivity index (χ0n) is 80.4. The maximum atomic E-state index is 13.2. The molecule has 2 aliphatic heterocycles. The normalized spacial score (nSPS) is 15.9. The van der Waals surface area contributed by atoms with Crippen LogP contribution in [0, 0.1) is 0 Å². The molecular weight excluding hydrogens is 1890 g/mol. The van der Waals surface area contributed by atoms with Crippen LogP contribution >= 0.6 is 15.9 Å². The van der Waals surface area contributed by atoms with E-state index in [1.165, 1.54) is 52.3 Å². The molecule has 4 atom stereocenters. The number of para-hydroxylation sites is 3. The van der Waals surface area contributed by atoms with Crippen LogP contribution in [0.4, 0.5) is 11.6 Å². The van der Waals surface area contributed by atoms with E-state index in [1.54, 1.807) is 130 Å². The Bertz CT molecular complexity index is 6280. The number of likely N-dealkylation sites (N-methyl/N-ethyl adjacent to an activating group) is 2. The molecule has 2 unspecified atom stereocenters. The van der Waals surface area contributed by atoms with Crippen LogP contribution in [0.25, 0.3) is 85.5 Å². The molecule has 3 fully saturated rings.